The smallest absolute Gasteiger partial charge is 0.407 e. The molecule has 432 valence electrons. The number of allylic oxidation sites excluding steroid dienone is 1. The summed E-state index contributed by atoms with van der Waals surface area (Å²) in [4.78, 5) is 52.4. The highest BCUT2D eigenvalue weighted by atomic mass is 16.6. The van der Waals surface area contributed by atoms with E-state index < -0.39 is 36.1 Å². The van der Waals surface area contributed by atoms with Gasteiger partial charge in [0.2, 0.25) is 5.91 Å². The summed E-state index contributed by atoms with van der Waals surface area (Å²) in [6.07, 6.45) is 15.6. The van der Waals surface area contributed by atoms with Crippen molar-refractivity contribution in [1.82, 2.24) is 10.6 Å². The fourth-order valence-corrected chi connectivity index (χ4v) is 14.9. The summed E-state index contributed by atoms with van der Waals surface area (Å²) in [6, 6.07) is 33.2. The average Bonchev–Trinajstić information content (AvgIpc) is 4.05. The number of carbonyl (C=O) groups is 4. The Labute approximate surface area is 476 Å². The third kappa shape index (κ3) is 14.1. The Bertz CT molecular complexity index is 2630. The molecule has 0 aromatic heterocycles. The van der Waals surface area contributed by atoms with E-state index in [1.807, 2.05) is 109 Å². The summed E-state index contributed by atoms with van der Waals surface area (Å²) in [7, 11) is 3.22. The maximum absolute atomic E-state index is 14.2. The monoisotopic (exact) mass is 1090 g/mol. The van der Waals surface area contributed by atoms with Crippen LogP contribution in [0.15, 0.2) is 121 Å². The van der Waals surface area contributed by atoms with Crippen LogP contribution >= 0.6 is 0 Å². The standard InChI is InChI=1S/C68H90N2O10/c1-46(2)18-17-19-47(3)57-35-36-58-56-34-29-52-44-55(39-41-66(52,4)59(56)40-42-67(57,58)5)79-65(75)69-43-16-10-15-24-61(71)70-60(64(48-20-11-8-12-21-48)80-63(74)38-37-62(72)73)45-78-68(49-22-13-9-14-23-49,50-25-30-53(76-6)31-26-50)51-27-32-54(77-7)33-28-51/h8-9,11-14,20-23,25-33,46-47,55-60,64H,10,15-19,24,34-45H2,1-7H3,(H,69,75)(H,70,71)(H,72,73)/t47-,55?,56?,57-,58?,59?,60+,64+,66+,67-/m1/s1. The summed E-state index contributed by atoms with van der Waals surface area (Å²) in [6.45, 7) is 12.7. The second-order valence-electron chi connectivity index (χ2n) is 24.5. The van der Waals surface area contributed by atoms with Crippen LogP contribution in [0, 0.1) is 46.3 Å². The van der Waals surface area contributed by atoms with E-state index >= 15 is 0 Å². The molecule has 4 aliphatic carbocycles. The molecule has 0 aliphatic heterocycles. The summed E-state index contributed by atoms with van der Waals surface area (Å²) < 4.78 is 30.6. The summed E-state index contributed by atoms with van der Waals surface area (Å²) >= 11 is 0. The Hall–Kier alpha value is -6.14. The lowest BCUT2D eigenvalue weighted by Crippen LogP contribution is -2.51. The summed E-state index contributed by atoms with van der Waals surface area (Å²) in [5.74, 6) is 3.88. The van der Waals surface area contributed by atoms with E-state index in [9.17, 15) is 24.3 Å². The molecule has 80 heavy (non-hydrogen) atoms. The van der Waals surface area contributed by atoms with Crippen LogP contribution in [0.1, 0.15) is 172 Å². The van der Waals surface area contributed by atoms with E-state index in [-0.39, 0.29) is 43.0 Å². The first-order valence-corrected chi connectivity index (χ1v) is 30.0. The molecule has 12 nitrogen and oxygen atoms in total. The number of rotatable bonds is 27. The molecule has 4 aliphatic rings. The number of carboxylic acid groups (broad SMARTS) is 1. The van der Waals surface area contributed by atoms with E-state index in [1.165, 1.54) is 50.5 Å². The molecule has 0 spiro atoms. The molecule has 4 aromatic rings. The first kappa shape index (κ1) is 60.0. The summed E-state index contributed by atoms with van der Waals surface area (Å²) in [5, 5.41) is 15.6. The summed E-state index contributed by atoms with van der Waals surface area (Å²) in [5.41, 5.74) is 3.82. The van der Waals surface area contributed by atoms with Gasteiger partial charge < -0.3 is 39.4 Å². The Kier molecular flexibility index (Phi) is 20.7. The molecule has 0 heterocycles. The molecule has 3 N–H and O–H groups in total. The number of benzene rings is 4. The van der Waals surface area contributed by atoms with Gasteiger partial charge >= 0.3 is 18.0 Å². The fraction of sp³-hybridized carbons (Fsp3) is 0.559. The molecule has 0 bridgehead atoms. The van der Waals surface area contributed by atoms with E-state index in [1.54, 1.807) is 14.2 Å². The van der Waals surface area contributed by atoms with Crippen molar-refractivity contribution in [2.45, 2.75) is 168 Å². The molecule has 10 atom stereocenters. The number of amides is 2. The maximum Gasteiger partial charge on any atom is 0.407 e. The highest BCUT2D eigenvalue weighted by Crippen LogP contribution is 2.67. The number of ether oxygens (including phenoxy) is 5. The van der Waals surface area contributed by atoms with Gasteiger partial charge in [-0.15, -0.1) is 0 Å². The number of alkyl carbamates (subject to hydrolysis) is 1. The normalized spacial score (nSPS) is 24.4. The van der Waals surface area contributed by atoms with Crippen molar-refractivity contribution in [2.24, 2.45) is 46.3 Å². The number of hydrogen-bond acceptors (Lipinski definition) is 9. The van der Waals surface area contributed by atoms with Gasteiger partial charge in [0.25, 0.3) is 0 Å². The lowest BCUT2D eigenvalue weighted by Gasteiger charge is -2.58. The lowest BCUT2D eigenvalue weighted by atomic mass is 9.47. The SMILES string of the molecule is COc1ccc(C(OC[C@H](NC(=O)CCCCCNC(=O)OC2CC[C@@]3(C)C(=CCC4C3CC[C@@]3(C)C4CC[C@@H]3[C@H](C)CCCC(C)C)C2)[C@@H](OC(=O)CCC(=O)O)c2ccccc2)(c2ccccc2)c2ccc(OC)cc2)cc1. The van der Waals surface area contributed by atoms with Crippen LogP contribution < -0.4 is 20.1 Å². The van der Waals surface area contributed by atoms with Gasteiger partial charge in [0.05, 0.1) is 39.7 Å². The number of carboxylic acids is 1. The average molecular weight is 1100 g/mol. The molecule has 3 saturated carbocycles. The minimum absolute atomic E-state index is 0.135. The Morgan fingerprint density at radius 3 is 1.99 bits per heavy atom. The number of carbonyl (C=O) groups excluding carboxylic acids is 3. The molecule has 12 heteroatoms. The number of hydrogen-bond donors (Lipinski definition) is 3. The Balaban J connectivity index is 0.887. The van der Waals surface area contributed by atoms with Gasteiger partial charge in [0, 0.05) is 19.4 Å². The fourth-order valence-electron chi connectivity index (χ4n) is 14.9. The molecule has 8 rings (SSSR count). The molecule has 4 aromatic carbocycles. The predicted molar refractivity (Wildman–Crippen MR) is 312 cm³/mol. The van der Waals surface area contributed by atoms with Crippen LogP contribution in [-0.2, 0) is 34.2 Å². The van der Waals surface area contributed by atoms with Crippen molar-refractivity contribution in [3.63, 3.8) is 0 Å². The van der Waals surface area contributed by atoms with Gasteiger partial charge in [0.1, 0.15) is 29.3 Å². The number of aliphatic carboxylic acids is 1. The van der Waals surface area contributed by atoms with Crippen LogP contribution in [0.3, 0.4) is 0 Å². The van der Waals surface area contributed by atoms with Crippen molar-refractivity contribution < 1.29 is 48.0 Å². The van der Waals surface area contributed by atoms with Gasteiger partial charge in [-0.2, -0.15) is 0 Å². The van der Waals surface area contributed by atoms with E-state index in [4.69, 9.17) is 23.7 Å². The minimum Gasteiger partial charge on any atom is -0.497 e. The molecule has 0 radical (unpaired) electrons. The number of methoxy groups -OCH3 is 2. The van der Waals surface area contributed by atoms with Gasteiger partial charge in [-0.05, 0) is 151 Å². The van der Waals surface area contributed by atoms with E-state index in [2.05, 4.69) is 51.3 Å². The van der Waals surface area contributed by atoms with Crippen molar-refractivity contribution in [3.05, 3.63) is 143 Å². The van der Waals surface area contributed by atoms with Gasteiger partial charge in [-0.3, -0.25) is 14.4 Å². The minimum atomic E-state index is -1.26. The van der Waals surface area contributed by atoms with E-state index in [0.29, 0.717) is 54.2 Å². The Morgan fingerprint density at radius 1 is 0.700 bits per heavy atom. The molecular weight excluding hydrogens is 1000 g/mol. The molecule has 2 amide bonds. The largest absolute Gasteiger partial charge is 0.497 e. The zero-order chi connectivity index (χ0) is 56.9. The molecular formula is C68H90N2O10. The van der Waals surface area contributed by atoms with Crippen LogP contribution in [0.4, 0.5) is 4.79 Å². The van der Waals surface area contributed by atoms with Crippen LogP contribution in [0.25, 0.3) is 0 Å². The topological polar surface area (TPSA) is 159 Å². The number of fused-ring (bicyclic) bond motifs is 5. The predicted octanol–water partition coefficient (Wildman–Crippen LogP) is 14.3. The van der Waals surface area contributed by atoms with Crippen molar-refractivity contribution >= 4 is 23.9 Å². The molecule has 4 unspecified atom stereocenters. The van der Waals surface area contributed by atoms with Gasteiger partial charge in [0.15, 0.2) is 0 Å². The zero-order valence-corrected chi connectivity index (χ0v) is 48.7. The second-order valence-corrected chi connectivity index (χ2v) is 24.5. The zero-order valence-electron chi connectivity index (χ0n) is 48.7. The van der Waals surface area contributed by atoms with Crippen molar-refractivity contribution in [1.29, 1.82) is 0 Å². The third-order valence-corrected chi connectivity index (χ3v) is 19.2. The van der Waals surface area contributed by atoms with Crippen LogP contribution in [-0.4, -0.2) is 68.6 Å². The lowest BCUT2D eigenvalue weighted by molar-refractivity contribution is -0.156. The van der Waals surface area contributed by atoms with Crippen molar-refractivity contribution in [3.8, 4) is 11.5 Å². The first-order valence-electron chi connectivity index (χ1n) is 30.0. The first-order chi connectivity index (χ1) is 38.6. The second kappa shape index (κ2) is 27.6. The third-order valence-electron chi connectivity index (χ3n) is 19.2. The number of esters is 1. The highest BCUT2D eigenvalue weighted by Gasteiger charge is 2.59. The maximum atomic E-state index is 14.2. The quantitative estimate of drug-likeness (QED) is 0.0227. The van der Waals surface area contributed by atoms with Crippen molar-refractivity contribution in [2.75, 3.05) is 27.4 Å². The van der Waals surface area contributed by atoms with Crippen LogP contribution in [0.2, 0.25) is 0 Å². The molecule has 0 saturated heterocycles. The Morgan fingerprint density at radius 2 is 1.35 bits per heavy atom. The van der Waals surface area contributed by atoms with Gasteiger partial charge in [-0.1, -0.05) is 157 Å². The van der Waals surface area contributed by atoms with Crippen LogP contribution in [0.5, 0.6) is 11.5 Å². The van der Waals surface area contributed by atoms with E-state index in [0.717, 1.165) is 72.0 Å². The number of nitrogens with one attached hydrogen (secondary N) is 2. The van der Waals surface area contributed by atoms with Gasteiger partial charge in [-0.25, -0.2) is 4.79 Å². The number of unbranched alkanes of at least 4 members (excludes halogenated alkanes) is 2. The highest BCUT2D eigenvalue weighted by molar-refractivity contribution is 5.78. The molecule has 3 fully saturated rings.